The summed E-state index contributed by atoms with van der Waals surface area (Å²) in [5.41, 5.74) is 2.49. The van der Waals surface area contributed by atoms with Crippen LogP contribution in [0, 0.1) is 5.82 Å². The lowest BCUT2D eigenvalue weighted by atomic mass is 10.1. The molecule has 0 unspecified atom stereocenters. The molecular formula is C19H17FN2O. The van der Waals surface area contributed by atoms with Crippen molar-refractivity contribution < 1.29 is 9.18 Å². The minimum atomic E-state index is -0.255. The maximum Gasteiger partial charge on any atom is 0.251 e. The average Bonchev–Trinajstić information content (AvgIpc) is 3.09. The van der Waals surface area contributed by atoms with E-state index < -0.39 is 0 Å². The highest BCUT2D eigenvalue weighted by atomic mass is 19.1. The van der Waals surface area contributed by atoms with Gasteiger partial charge in [-0.15, -0.1) is 0 Å². The molecule has 1 heterocycles. The second kappa shape index (κ2) is 6.92. The van der Waals surface area contributed by atoms with Gasteiger partial charge in [-0.05, 0) is 60.5 Å². The molecule has 23 heavy (non-hydrogen) atoms. The zero-order valence-corrected chi connectivity index (χ0v) is 12.6. The fourth-order valence-corrected chi connectivity index (χ4v) is 2.41. The van der Waals surface area contributed by atoms with Crippen molar-refractivity contribution in [3.8, 4) is 5.69 Å². The number of carbonyl (C=O) groups is 1. The predicted octanol–water partition coefficient (Wildman–Crippen LogP) is 3.59. The molecule has 3 aromatic rings. The van der Waals surface area contributed by atoms with Crippen molar-refractivity contribution in [2.75, 3.05) is 6.54 Å². The minimum Gasteiger partial charge on any atom is -0.352 e. The number of hydrogen-bond donors (Lipinski definition) is 1. The van der Waals surface area contributed by atoms with Gasteiger partial charge in [0.15, 0.2) is 0 Å². The van der Waals surface area contributed by atoms with Crippen molar-refractivity contribution in [2.45, 2.75) is 6.42 Å². The molecule has 0 aliphatic carbocycles. The number of benzene rings is 2. The molecule has 0 bridgehead atoms. The van der Waals surface area contributed by atoms with Gasteiger partial charge in [0, 0.05) is 30.2 Å². The zero-order chi connectivity index (χ0) is 16.1. The summed E-state index contributed by atoms with van der Waals surface area (Å²) < 4.78 is 15.1. The normalized spacial score (nSPS) is 10.5. The summed E-state index contributed by atoms with van der Waals surface area (Å²) in [5.74, 6) is -0.380. The maximum absolute atomic E-state index is 13.1. The third-order valence-electron chi connectivity index (χ3n) is 3.62. The molecule has 116 valence electrons. The Balaban J connectivity index is 1.56. The van der Waals surface area contributed by atoms with Crippen LogP contribution in [0.2, 0.25) is 0 Å². The van der Waals surface area contributed by atoms with Crippen LogP contribution in [0.3, 0.4) is 0 Å². The summed E-state index contributed by atoms with van der Waals surface area (Å²) in [6.07, 6.45) is 4.51. The monoisotopic (exact) mass is 308 g/mol. The lowest BCUT2D eigenvalue weighted by Crippen LogP contribution is -2.25. The Kier molecular flexibility index (Phi) is 4.52. The molecule has 0 aliphatic heterocycles. The van der Waals surface area contributed by atoms with E-state index in [1.54, 1.807) is 18.2 Å². The fraction of sp³-hybridized carbons (Fsp3) is 0.105. The van der Waals surface area contributed by atoms with Crippen LogP contribution in [0.25, 0.3) is 5.69 Å². The number of amides is 1. The molecule has 0 atom stereocenters. The topological polar surface area (TPSA) is 34.0 Å². The van der Waals surface area contributed by atoms with Crippen LogP contribution in [-0.4, -0.2) is 17.0 Å². The first kappa shape index (κ1) is 15.0. The summed E-state index contributed by atoms with van der Waals surface area (Å²) >= 11 is 0. The van der Waals surface area contributed by atoms with Crippen molar-refractivity contribution in [3.63, 3.8) is 0 Å². The van der Waals surface area contributed by atoms with Crippen molar-refractivity contribution in [1.29, 1.82) is 0 Å². The summed E-state index contributed by atoms with van der Waals surface area (Å²) in [4.78, 5) is 12.1. The Morgan fingerprint density at radius 3 is 2.43 bits per heavy atom. The van der Waals surface area contributed by atoms with E-state index in [2.05, 4.69) is 5.32 Å². The zero-order valence-electron chi connectivity index (χ0n) is 12.6. The average molecular weight is 308 g/mol. The summed E-state index contributed by atoms with van der Waals surface area (Å²) in [6.45, 7) is 0.474. The second-order valence-corrected chi connectivity index (χ2v) is 5.27. The van der Waals surface area contributed by atoms with Crippen LogP contribution >= 0.6 is 0 Å². The van der Waals surface area contributed by atoms with Gasteiger partial charge in [0.25, 0.3) is 5.91 Å². The fourth-order valence-electron chi connectivity index (χ4n) is 2.41. The van der Waals surface area contributed by atoms with Gasteiger partial charge in [0.1, 0.15) is 5.82 Å². The van der Waals surface area contributed by atoms with Crippen LogP contribution in [0.1, 0.15) is 15.9 Å². The highest BCUT2D eigenvalue weighted by molar-refractivity contribution is 5.94. The number of nitrogens with one attached hydrogen (secondary N) is 1. The van der Waals surface area contributed by atoms with Gasteiger partial charge in [-0.25, -0.2) is 4.39 Å². The van der Waals surface area contributed by atoms with E-state index in [0.717, 1.165) is 11.3 Å². The maximum atomic E-state index is 13.1. The van der Waals surface area contributed by atoms with Crippen LogP contribution in [0.5, 0.6) is 0 Å². The van der Waals surface area contributed by atoms with Crippen molar-refractivity contribution in [1.82, 2.24) is 9.88 Å². The number of aromatic nitrogens is 1. The summed E-state index contributed by atoms with van der Waals surface area (Å²) in [5, 5.41) is 2.85. The molecule has 1 N–H and O–H groups in total. The van der Waals surface area contributed by atoms with Crippen molar-refractivity contribution in [3.05, 3.63) is 90.0 Å². The molecule has 0 saturated carbocycles. The molecule has 3 rings (SSSR count). The molecule has 4 heteroatoms. The molecule has 0 aliphatic rings. The molecule has 0 fully saturated rings. The lowest BCUT2D eigenvalue weighted by molar-refractivity contribution is 0.0954. The van der Waals surface area contributed by atoms with Crippen LogP contribution in [0.4, 0.5) is 4.39 Å². The quantitative estimate of drug-likeness (QED) is 0.768. The van der Waals surface area contributed by atoms with E-state index in [1.165, 1.54) is 12.1 Å². The largest absolute Gasteiger partial charge is 0.352 e. The Labute approximate surface area is 134 Å². The third-order valence-corrected chi connectivity index (χ3v) is 3.62. The SMILES string of the molecule is O=C(NCCc1cccc(F)c1)c1ccc(-n2cccc2)cc1. The van der Waals surface area contributed by atoms with E-state index in [0.29, 0.717) is 18.5 Å². The van der Waals surface area contributed by atoms with Gasteiger partial charge in [-0.2, -0.15) is 0 Å². The van der Waals surface area contributed by atoms with Gasteiger partial charge in [0.2, 0.25) is 0 Å². The van der Waals surface area contributed by atoms with E-state index in [9.17, 15) is 9.18 Å². The van der Waals surface area contributed by atoms with Gasteiger partial charge in [-0.1, -0.05) is 12.1 Å². The minimum absolute atomic E-state index is 0.125. The number of carbonyl (C=O) groups excluding carboxylic acids is 1. The van der Waals surface area contributed by atoms with Gasteiger partial charge >= 0.3 is 0 Å². The number of hydrogen-bond acceptors (Lipinski definition) is 1. The predicted molar refractivity (Wildman–Crippen MR) is 88.2 cm³/mol. The Morgan fingerprint density at radius 2 is 1.74 bits per heavy atom. The smallest absolute Gasteiger partial charge is 0.251 e. The highest BCUT2D eigenvalue weighted by Crippen LogP contribution is 2.10. The number of rotatable bonds is 5. The Hall–Kier alpha value is -2.88. The van der Waals surface area contributed by atoms with Crippen molar-refractivity contribution >= 4 is 5.91 Å². The molecule has 0 radical (unpaired) electrons. The van der Waals surface area contributed by atoms with E-state index >= 15 is 0 Å². The molecular weight excluding hydrogens is 291 g/mol. The molecule has 1 amide bonds. The molecule has 2 aromatic carbocycles. The van der Waals surface area contributed by atoms with Crippen LogP contribution in [-0.2, 0) is 6.42 Å². The van der Waals surface area contributed by atoms with Gasteiger partial charge < -0.3 is 9.88 Å². The summed E-state index contributed by atoms with van der Waals surface area (Å²) in [6, 6.07) is 17.7. The number of halogens is 1. The molecule has 3 nitrogen and oxygen atoms in total. The van der Waals surface area contributed by atoms with Gasteiger partial charge in [0.05, 0.1) is 0 Å². The molecule has 1 aromatic heterocycles. The molecule has 0 spiro atoms. The summed E-state index contributed by atoms with van der Waals surface area (Å²) in [7, 11) is 0. The van der Waals surface area contributed by atoms with E-state index in [4.69, 9.17) is 0 Å². The molecule has 0 saturated heterocycles. The Morgan fingerprint density at radius 1 is 1.00 bits per heavy atom. The standard InChI is InChI=1S/C19H17FN2O/c20-17-5-3-4-15(14-17)10-11-21-19(23)16-6-8-18(9-7-16)22-12-1-2-13-22/h1-9,12-14H,10-11H2,(H,21,23). The van der Waals surface area contributed by atoms with Gasteiger partial charge in [-0.3, -0.25) is 4.79 Å². The van der Waals surface area contributed by atoms with Crippen LogP contribution in [0.15, 0.2) is 73.1 Å². The van der Waals surface area contributed by atoms with Crippen LogP contribution < -0.4 is 5.32 Å². The first-order valence-electron chi connectivity index (χ1n) is 7.48. The third kappa shape index (κ3) is 3.86. The Bertz CT molecular complexity index is 779. The first-order chi connectivity index (χ1) is 11.2. The first-order valence-corrected chi connectivity index (χ1v) is 7.48. The number of nitrogens with zero attached hydrogens (tertiary/aromatic N) is 1. The van der Waals surface area contributed by atoms with E-state index in [1.807, 2.05) is 47.3 Å². The highest BCUT2D eigenvalue weighted by Gasteiger charge is 2.05. The lowest BCUT2D eigenvalue weighted by Gasteiger charge is -2.07. The van der Waals surface area contributed by atoms with Crippen molar-refractivity contribution in [2.24, 2.45) is 0 Å². The van der Waals surface area contributed by atoms with E-state index in [-0.39, 0.29) is 11.7 Å². The second-order valence-electron chi connectivity index (χ2n) is 5.27.